The summed E-state index contributed by atoms with van der Waals surface area (Å²) in [6, 6.07) is 0. The van der Waals surface area contributed by atoms with Gasteiger partial charge in [-0.2, -0.15) is 0 Å². The van der Waals surface area contributed by atoms with Gasteiger partial charge in [-0.3, -0.25) is 0 Å². The monoisotopic (exact) mass is 161 g/mol. The second kappa shape index (κ2) is 4.20. The van der Waals surface area contributed by atoms with Crippen molar-refractivity contribution in [1.29, 1.82) is 0 Å². The van der Waals surface area contributed by atoms with Crippen molar-refractivity contribution in [2.45, 2.75) is 31.1 Å². The first-order valence-electron chi connectivity index (χ1n) is 4.11. The SMILES string of the molecule is CNCC1CCCC(Cl)C1. The number of halogens is 1. The molecule has 0 spiro atoms. The van der Waals surface area contributed by atoms with Gasteiger partial charge in [0.1, 0.15) is 0 Å². The third-order valence-corrected chi connectivity index (χ3v) is 2.61. The zero-order valence-corrected chi connectivity index (χ0v) is 7.32. The fourth-order valence-corrected chi connectivity index (χ4v) is 2.11. The molecule has 0 heterocycles. The van der Waals surface area contributed by atoms with Crippen LogP contribution < -0.4 is 5.32 Å². The average Bonchev–Trinajstić information content (AvgIpc) is 1.88. The summed E-state index contributed by atoms with van der Waals surface area (Å²) in [7, 11) is 2.01. The Morgan fingerprint density at radius 1 is 1.50 bits per heavy atom. The van der Waals surface area contributed by atoms with Crippen LogP contribution in [0.5, 0.6) is 0 Å². The predicted octanol–water partition coefficient (Wildman–Crippen LogP) is 2.00. The van der Waals surface area contributed by atoms with Gasteiger partial charge in [-0.25, -0.2) is 0 Å². The van der Waals surface area contributed by atoms with Crippen LogP contribution in [-0.4, -0.2) is 19.0 Å². The summed E-state index contributed by atoms with van der Waals surface area (Å²) in [6.07, 6.45) is 5.12. The van der Waals surface area contributed by atoms with E-state index < -0.39 is 0 Å². The van der Waals surface area contributed by atoms with Gasteiger partial charge < -0.3 is 5.32 Å². The van der Waals surface area contributed by atoms with Gasteiger partial charge in [0.25, 0.3) is 0 Å². The molecule has 0 amide bonds. The van der Waals surface area contributed by atoms with Crippen molar-refractivity contribution in [1.82, 2.24) is 5.32 Å². The first kappa shape index (κ1) is 8.35. The number of nitrogens with one attached hydrogen (secondary N) is 1. The van der Waals surface area contributed by atoms with Gasteiger partial charge in [-0.05, 0) is 38.8 Å². The molecule has 1 fully saturated rings. The molecular weight excluding hydrogens is 146 g/mol. The Kier molecular flexibility index (Phi) is 3.50. The Balaban J connectivity index is 2.18. The molecule has 1 nitrogen and oxygen atoms in total. The summed E-state index contributed by atoms with van der Waals surface area (Å²) in [4.78, 5) is 0. The second-order valence-corrected chi connectivity index (χ2v) is 3.80. The third kappa shape index (κ3) is 2.47. The second-order valence-electron chi connectivity index (χ2n) is 3.19. The molecule has 2 unspecified atom stereocenters. The molecule has 60 valence electrons. The quantitative estimate of drug-likeness (QED) is 0.611. The maximum Gasteiger partial charge on any atom is 0.0339 e. The lowest BCUT2D eigenvalue weighted by Crippen LogP contribution is -2.24. The molecule has 2 heteroatoms. The molecular formula is C8H16ClN. The Labute approximate surface area is 68.1 Å². The molecule has 1 aliphatic carbocycles. The van der Waals surface area contributed by atoms with E-state index in [0.29, 0.717) is 5.38 Å². The zero-order chi connectivity index (χ0) is 7.40. The molecule has 0 radical (unpaired) electrons. The van der Waals surface area contributed by atoms with Crippen molar-refractivity contribution < 1.29 is 0 Å². The van der Waals surface area contributed by atoms with E-state index >= 15 is 0 Å². The maximum atomic E-state index is 6.02. The van der Waals surface area contributed by atoms with Crippen molar-refractivity contribution in [3.8, 4) is 0 Å². The van der Waals surface area contributed by atoms with Crippen molar-refractivity contribution in [2.24, 2.45) is 5.92 Å². The van der Waals surface area contributed by atoms with E-state index in [9.17, 15) is 0 Å². The van der Waals surface area contributed by atoms with Crippen LogP contribution in [-0.2, 0) is 0 Å². The van der Waals surface area contributed by atoms with Gasteiger partial charge in [-0.1, -0.05) is 6.42 Å². The molecule has 0 aromatic rings. The van der Waals surface area contributed by atoms with Gasteiger partial charge in [0.05, 0.1) is 0 Å². The molecule has 0 aromatic heterocycles. The summed E-state index contributed by atoms with van der Waals surface area (Å²) in [5.74, 6) is 0.834. The largest absolute Gasteiger partial charge is 0.319 e. The molecule has 1 saturated carbocycles. The minimum atomic E-state index is 0.451. The van der Waals surface area contributed by atoms with Crippen molar-refractivity contribution in [3.63, 3.8) is 0 Å². The summed E-state index contributed by atoms with van der Waals surface area (Å²) >= 11 is 6.02. The maximum absolute atomic E-state index is 6.02. The topological polar surface area (TPSA) is 12.0 Å². The highest BCUT2D eigenvalue weighted by atomic mass is 35.5. The van der Waals surface area contributed by atoms with Crippen LogP contribution in [0.1, 0.15) is 25.7 Å². The van der Waals surface area contributed by atoms with E-state index in [2.05, 4.69) is 5.32 Å². The summed E-state index contributed by atoms with van der Waals surface area (Å²) in [5, 5.41) is 3.65. The van der Waals surface area contributed by atoms with E-state index in [-0.39, 0.29) is 0 Å². The van der Waals surface area contributed by atoms with Crippen LogP contribution in [0.2, 0.25) is 0 Å². The highest BCUT2D eigenvalue weighted by Crippen LogP contribution is 2.26. The fourth-order valence-electron chi connectivity index (χ4n) is 1.70. The van der Waals surface area contributed by atoms with E-state index in [4.69, 9.17) is 11.6 Å². The summed E-state index contributed by atoms with van der Waals surface area (Å²) in [5.41, 5.74) is 0. The van der Waals surface area contributed by atoms with E-state index in [1.807, 2.05) is 7.05 Å². The molecule has 1 N–H and O–H groups in total. The molecule has 1 aliphatic rings. The number of hydrogen-bond acceptors (Lipinski definition) is 1. The van der Waals surface area contributed by atoms with Crippen LogP contribution in [0.3, 0.4) is 0 Å². The van der Waals surface area contributed by atoms with E-state index in [0.717, 1.165) is 12.5 Å². The molecule has 0 bridgehead atoms. The minimum absolute atomic E-state index is 0.451. The molecule has 10 heavy (non-hydrogen) atoms. The number of alkyl halides is 1. The predicted molar refractivity (Wildman–Crippen MR) is 45.5 cm³/mol. The minimum Gasteiger partial charge on any atom is -0.319 e. The smallest absolute Gasteiger partial charge is 0.0339 e. The standard InChI is InChI=1S/C8H16ClN/c1-10-6-7-3-2-4-8(9)5-7/h7-8,10H,2-6H2,1H3. The van der Waals surface area contributed by atoms with Crippen molar-refractivity contribution in [2.75, 3.05) is 13.6 Å². The lowest BCUT2D eigenvalue weighted by atomic mass is 9.89. The van der Waals surface area contributed by atoms with Crippen LogP contribution >= 0.6 is 11.6 Å². The normalized spacial score (nSPS) is 34.2. The fraction of sp³-hybridized carbons (Fsp3) is 1.00. The highest BCUT2D eigenvalue weighted by molar-refractivity contribution is 6.20. The molecule has 0 aromatic carbocycles. The summed E-state index contributed by atoms with van der Waals surface area (Å²) < 4.78 is 0. The number of hydrogen-bond donors (Lipinski definition) is 1. The van der Waals surface area contributed by atoms with Gasteiger partial charge in [0.2, 0.25) is 0 Å². The molecule has 0 aliphatic heterocycles. The third-order valence-electron chi connectivity index (χ3n) is 2.21. The van der Waals surface area contributed by atoms with Crippen molar-refractivity contribution in [3.05, 3.63) is 0 Å². The summed E-state index contributed by atoms with van der Waals surface area (Å²) in [6.45, 7) is 1.14. The van der Waals surface area contributed by atoms with E-state index in [1.54, 1.807) is 0 Å². The Morgan fingerprint density at radius 3 is 2.90 bits per heavy atom. The lowest BCUT2D eigenvalue weighted by molar-refractivity contribution is 0.354. The molecule has 1 rings (SSSR count). The van der Waals surface area contributed by atoms with Gasteiger partial charge >= 0.3 is 0 Å². The first-order chi connectivity index (χ1) is 4.83. The Hall–Kier alpha value is 0.250. The van der Waals surface area contributed by atoms with Crippen LogP contribution in [0.15, 0.2) is 0 Å². The van der Waals surface area contributed by atoms with Gasteiger partial charge in [0, 0.05) is 5.38 Å². The van der Waals surface area contributed by atoms with Crippen LogP contribution in [0, 0.1) is 5.92 Å². The van der Waals surface area contributed by atoms with Crippen LogP contribution in [0.4, 0.5) is 0 Å². The van der Waals surface area contributed by atoms with Crippen molar-refractivity contribution >= 4 is 11.6 Å². The lowest BCUT2D eigenvalue weighted by Gasteiger charge is -2.24. The number of rotatable bonds is 2. The highest BCUT2D eigenvalue weighted by Gasteiger charge is 2.18. The average molecular weight is 162 g/mol. The van der Waals surface area contributed by atoms with Gasteiger partial charge in [-0.15, -0.1) is 11.6 Å². The zero-order valence-electron chi connectivity index (χ0n) is 6.57. The van der Waals surface area contributed by atoms with Crippen LogP contribution in [0.25, 0.3) is 0 Å². The van der Waals surface area contributed by atoms with Gasteiger partial charge in [0.15, 0.2) is 0 Å². The van der Waals surface area contributed by atoms with E-state index in [1.165, 1.54) is 25.7 Å². The first-order valence-corrected chi connectivity index (χ1v) is 4.55. The Bertz CT molecular complexity index is 93.3. The Morgan fingerprint density at radius 2 is 2.30 bits per heavy atom. The molecule has 0 saturated heterocycles. The molecule has 2 atom stereocenters.